The van der Waals surface area contributed by atoms with E-state index in [1.165, 1.54) is 55.3 Å². The van der Waals surface area contributed by atoms with Crippen LogP contribution in [-0.2, 0) is 5.41 Å². The molecule has 0 bridgehead atoms. The van der Waals surface area contributed by atoms with Gasteiger partial charge in [-0.15, -0.1) is 0 Å². The number of benzene rings is 4. The summed E-state index contributed by atoms with van der Waals surface area (Å²) in [5, 5.41) is 2.64. The Kier molecular flexibility index (Phi) is 3.21. The third kappa shape index (κ3) is 2.10. The number of hydrogen-bond donors (Lipinski definition) is 0. The maximum atomic E-state index is 2.46. The molecule has 0 saturated carbocycles. The van der Waals surface area contributed by atoms with Crippen LogP contribution in [0.3, 0.4) is 0 Å². The Hall–Kier alpha value is -3.32. The molecule has 4 aromatic carbocycles. The minimum Gasteiger partial charge on any atom is -0.309 e. The van der Waals surface area contributed by atoms with Gasteiger partial charge >= 0.3 is 0 Å². The van der Waals surface area contributed by atoms with Crippen LogP contribution in [-0.4, -0.2) is 4.57 Å². The monoisotopic (exact) mass is 373 g/mol. The molecule has 0 N–H and O–H groups in total. The van der Waals surface area contributed by atoms with Crippen molar-refractivity contribution in [2.45, 2.75) is 26.2 Å². The van der Waals surface area contributed by atoms with Crippen LogP contribution in [0.4, 0.5) is 0 Å². The van der Waals surface area contributed by atoms with Crippen molar-refractivity contribution in [1.82, 2.24) is 4.57 Å². The molecular weight excluding hydrogens is 350 g/mol. The first-order chi connectivity index (χ1) is 14.1. The highest BCUT2D eigenvalue weighted by molar-refractivity contribution is 6.10. The van der Waals surface area contributed by atoms with E-state index in [1.807, 2.05) is 0 Å². The van der Waals surface area contributed by atoms with Crippen molar-refractivity contribution in [1.29, 1.82) is 0 Å². The van der Waals surface area contributed by atoms with Gasteiger partial charge in [0.2, 0.25) is 0 Å². The van der Waals surface area contributed by atoms with Crippen LogP contribution in [0.25, 0.3) is 38.6 Å². The molecule has 1 heteroatoms. The predicted molar refractivity (Wildman–Crippen MR) is 123 cm³/mol. The van der Waals surface area contributed by atoms with Gasteiger partial charge in [0, 0.05) is 21.8 Å². The van der Waals surface area contributed by atoms with E-state index >= 15 is 0 Å². The fraction of sp³-hybridized carbons (Fsp3) is 0.143. The number of aromatic nitrogens is 1. The van der Waals surface area contributed by atoms with E-state index in [0.29, 0.717) is 0 Å². The Morgan fingerprint density at radius 2 is 1.38 bits per heavy atom. The summed E-state index contributed by atoms with van der Waals surface area (Å²) in [6, 6.07) is 31.3. The van der Waals surface area contributed by atoms with E-state index in [9.17, 15) is 0 Å². The van der Waals surface area contributed by atoms with Crippen LogP contribution in [0.5, 0.6) is 0 Å². The lowest BCUT2D eigenvalue weighted by Gasteiger charge is -2.21. The number of nitrogens with zero attached hydrogens (tertiary/aromatic N) is 1. The number of hydrogen-bond acceptors (Lipinski definition) is 0. The van der Waals surface area contributed by atoms with Crippen LogP contribution in [0.15, 0.2) is 84.9 Å². The van der Waals surface area contributed by atoms with Gasteiger partial charge in [0.15, 0.2) is 0 Å². The topological polar surface area (TPSA) is 4.93 Å². The van der Waals surface area contributed by atoms with Crippen molar-refractivity contribution in [3.8, 4) is 16.8 Å². The van der Waals surface area contributed by atoms with Gasteiger partial charge in [-0.2, -0.15) is 0 Å². The largest absolute Gasteiger partial charge is 0.309 e. The number of aryl methyl sites for hydroxylation is 1. The fourth-order valence-electron chi connectivity index (χ4n) is 5.27. The van der Waals surface area contributed by atoms with E-state index in [2.05, 4.69) is 110 Å². The first kappa shape index (κ1) is 16.6. The third-order valence-electron chi connectivity index (χ3n) is 6.65. The smallest absolute Gasteiger partial charge is 0.0543 e. The van der Waals surface area contributed by atoms with Gasteiger partial charge in [0.1, 0.15) is 0 Å². The van der Waals surface area contributed by atoms with Gasteiger partial charge in [0.05, 0.1) is 16.7 Å². The molecule has 29 heavy (non-hydrogen) atoms. The summed E-state index contributed by atoms with van der Waals surface area (Å²) < 4.78 is 2.46. The molecule has 1 aromatic heterocycles. The standard InChI is InChI=1S/C28H23N/c1-18-15-16-25-21(17-18)19-9-5-7-13-24(19)29(25)26-14-8-12-23-27(26)20-10-4-6-11-22(20)28(23,2)3/h4-17H,1-3H3. The first-order valence-electron chi connectivity index (χ1n) is 10.3. The van der Waals surface area contributed by atoms with E-state index in [0.717, 1.165) is 0 Å². The third-order valence-corrected chi connectivity index (χ3v) is 6.65. The molecule has 0 spiro atoms. The van der Waals surface area contributed by atoms with E-state index in [4.69, 9.17) is 0 Å². The van der Waals surface area contributed by atoms with Crippen LogP contribution < -0.4 is 0 Å². The van der Waals surface area contributed by atoms with Gasteiger partial charge in [-0.25, -0.2) is 0 Å². The second kappa shape index (κ2) is 5.61. The number of fused-ring (bicyclic) bond motifs is 6. The normalized spacial score (nSPS) is 14.3. The van der Waals surface area contributed by atoms with Crippen LogP contribution in [0.2, 0.25) is 0 Å². The van der Waals surface area contributed by atoms with E-state index in [-0.39, 0.29) is 5.41 Å². The lowest BCUT2D eigenvalue weighted by atomic mass is 9.82. The van der Waals surface area contributed by atoms with Crippen LogP contribution in [0, 0.1) is 6.92 Å². The van der Waals surface area contributed by atoms with Crippen LogP contribution >= 0.6 is 0 Å². The minimum atomic E-state index is 0.0112. The molecule has 6 rings (SSSR count). The Bertz CT molecular complexity index is 1430. The molecule has 1 aliphatic rings. The van der Waals surface area contributed by atoms with Gasteiger partial charge < -0.3 is 4.57 Å². The molecule has 0 aliphatic heterocycles. The van der Waals surface area contributed by atoms with E-state index < -0.39 is 0 Å². The maximum Gasteiger partial charge on any atom is 0.0543 e. The summed E-state index contributed by atoms with van der Waals surface area (Å²) in [6.07, 6.45) is 0. The summed E-state index contributed by atoms with van der Waals surface area (Å²) in [5.41, 5.74) is 10.7. The fourth-order valence-corrected chi connectivity index (χ4v) is 5.27. The minimum absolute atomic E-state index is 0.0112. The zero-order chi connectivity index (χ0) is 19.8. The van der Waals surface area contributed by atoms with Gasteiger partial charge in [-0.05, 0) is 47.9 Å². The highest BCUT2D eigenvalue weighted by atomic mass is 15.0. The summed E-state index contributed by atoms with van der Waals surface area (Å²) in [5.74, 6) is 0. The molecule has 0 unspecified atom stereocenters. The van der Waals surface area contributed by atoms with Crippen molar-refractivity contribution < 1.29 is 0 Å². The predicted octanol–water partition coefficient (Wildman–Crippen LogP) is 7.40. The molecule has 0 amide bonds. The Balaban J connectivity index is 1.80. The molecule has 140 valence electrons. The molecule has 1 heterocycles. The highest BCUT2D eigenvalue weighted by Gasteiger charge is 2.36. The molecule has 5 aromatic rings. The van der Waals surface area contributed by atoms with Crippen molar-refractivity contribution >= 4 is 21.8 Å². The van der Waals surface area contributed by atoms with Crippen LogP contribution in [0.1, 0.15) is 30.5 Å². The SMILES string of the molecule is Cc1ccc2c(c1)c1ccccc1n2-c1cccc2c1-c1ccccc1C2(C)C. The second-order valence-corrected chi connectivity index (χ2v) is 8.74. The molecule has 0 saturated heterocycles. The second-order valence-electron chi connectivity index (χ2n) is 8.74. The van der Waals surface area contributed by atoms with Crippen molar-refractivity contribution in [2.24, 2.45) is 0 Å². The van der Waals surface area contributed by atoms with Crippen molar-refractivity contribution in [2.75, 3.05) is 0 Å². The molecule has 1 nitrogen and oxygen atoms in total. The van der Waals surface area contributed by atoms with Gasteiger partial charge in [-0.1, -0.05) is 80.1 Å². The average Bonchev–Trinajstić information content (AvgIpc) is 3.18. The quantitative estimate of drug-likeness (QED) is 0.288. The first-order valence-corrected chi connectivity index (χ1v) is 10.3. The lowest BCUT2D eigenvalue weighted by Crippen LogP contribution is -2.14. The number of rotatable bonds is 1. The summed E-state index contributed by atoms with van der Waals surface area (Å²) in [4.78, 5) is 0. The van der Waals surface area contributed by atoms with Gasteiger partial charge in [0.25, 0.3) is 0 Å². The summed E-state index contributed by atoms with van der Waals surface area (Å²) in [7, 11) is 0. The van der Waals surface area contributed by atoms with Crippen molar-refractivity contribution in [3.05, 3.63) is 102 Å². The number of para-hydroxylation sites is 1. The van der Waals surface area contributed by atoms with Crippen molar-refractivity contribution in [3.63, 3.8) is 0 Å². The molecular formula is C28H23N. The molecule has 1 aliphatic carbocycles. The summed E-state index contributed by atoms with van der Waals surface area (Å²) in [6.45, 7) is 6.86. The van der Waals surface area contributed by atoms with E-state index in [1.54, 1.807) is 0 Å². The Morgan fingerprint density at radius 1 is 0.655 bits per heavy atom. The average molecular weight is 373 g/mol. The maximum absolute atomic E-state index is 2.46. The molecule has 0 radical (unpaired) electrons. The highest BCUT2D eigenvalue weighted by Crippen LogP contribution is 2.51. The zero-order valence-corrected chi connectivity index (χ0v) is 17.0. The Labute approximate surface area is 171 Å². The molecule has 0 fully saturated rings. The molecule has 0 atom stereocenters. The zero-order valence-electron chi connectivity index (χ0n) is 17.0. The van der Waals surface area contributed by atoms with Gasteiger partial charge in [-0.3, -0.25) is 0 Å². The lowest BCUT2D eigenvalue weighted by molar-refractivity contribution is 0.660. The summed E-state index contributed by atoms with van der Waals surface area (Å²) >= 11 is 0. The Morgan fingerprint density at radius 3 is 2.28 bits per heavy atom.